The van der Waals surface area contributed by atoms with Gasteiger partial charge in [-0.1, -0.05) is 30.3 Å². The first-order valence-electron chi connectivity index (χ1n) is 9.99. The standard InChI is InChI=1S/C23H23N3OS/c27-22(13-5-7-16-15-24-18-9-2-1-8-17(16)18)26-14-6-11-20(26)23-25-19-10-3-4-12-21(19)28-23/h1-4,8-10,12,15,20,24H,5-7,11,13-14H2/t20-/m0/s1. The third-order valence-electron chi connectivity index (χ3n) is 5.68. The van der Waals surface area contributed by atoms with Gasteiger partial charge in [-0.2, -0.15) is 0 Å². The van der Waals surface area contributed by atoms with Crippen LogP contribution >= 0.6 is 11.3 Å². The highest BCUT2D eigenvalue weighted by atomic mass is 32.1. The zero-order chi connectivity index (χ0) is 18.9. The Hall–Kier alpha value is -2.66. The van der Waals surface area contributed by atoms with Gasteiger partial charge >= 0.3 is 0 Å². The molecule has 0 saturated carbocycles. The third kappa shape index (κ3) is 3.20. The number of nitrogens with zero attached hydrogens (tertiary/aromatic N) is 2. The normalized spacial score (nSPS) is 17.0. The largest absolute Gasteiger partial charge is 0.361 e. The quantitative estimate of drug-likeness (QED) is 0.492. The van der Waals surface area contributed by atoms with E-state index < -0.39 is 0 Å². The molecule has 1 atom stereocenters. The van der Waals surface area contributed by atoms with E-state index in [1.807, 2.05) is 18.2 Å². The minimum absolute atomic E-state index is 0.151. The van der Waals surface area contributed by atoms with Crippen molar-refractivity contribution in [1.82, 2.24) is 14.9 Å². The average molecular weight is 390 g/mol. The van der Waals surface area contributed by atoms with Gasteiger partial charge in [0.15, 0.2) is 0 Å². The van der Waals surface area contributed by atoms with Crippen LogP contribution in [0.1, 0.15) is 42.3 Å². The second-order valence-corrected chi connectivity index (χ2v) is 8.54. The number of H-pyrrole nitrogens is 1. The Bertz CT molecular complexity index is 1100. The maximum absolute atomic E-state index is 12.9. The number of fused-ring (bicyclic) bond motifs is 2. The lowest BCUT2D eigenvalue weighted by atomic mass is 10.1. The van der Waals surface area contributed by atoms with Crippen LogP contribution in [0.4, 0.5) is 0 Å². The number of benzene rings is 2. The zero-order valence-electron chi connectivity index (χ0n) is 15.7. The van der Waals surface area contributed by atoms with Crippen LogP contribution in [0.5, 0.6) is 0 Å². The number of aryl methyl sites for hydroxylation is 1. The molecule has 1 aliphatic rings. The van der Waals surface area contributed by atoms with Crippen LogP contribution in [0.2, 0.25) is 0 Å². The fourth-order valence-electron chi connectivity index (χ4n) is 4.27. The van der Waals surface area contributed by atoms with Crippen molar-refractivity contribution in [2.75, 3.05) is 6.54 Å². The highest BCUT2D eigenvalue weighted by Crippen LogP contribution is 2.36. The molecule has 2 aromatic heterocycles. The van der Waals surface area contributed by atoms with Crippen molar-refractivity contribution in [3.05, 3.63) is 65.3 Å². The van der Waals surface area contributed by atoms with Gasteiger partial charge in [-0.25, -0.2) is 4.98 Å². The molecule has 2 aromatic carbocycles. The minimum atomic E-state index is 0.151. The second kappa shape index (κ2) is 7.40. The lowest BCUT2D eigenvalue weighted by Crippen LogP contribution is -2.30. The third-order valence-corrected chi connectivity index (χ3v) is 6.82. The van der Waals surface area contributed by atoms with E-state index >= 15 is 0 Å². The number of hydrogen-bond donors (Lipinski definition) is 1. The monoisotopic (exact) mass is 389 g/mol. The van der Waals surface area contributed by atoms with E-state index in [1.165, 1.54) is 21.2 Å². The summed E-state index contributed by atoms with van der Waals surface area (Å²) in [5.74, 6) is 0.265. The Labute approximate surface area is 168 Å². The van der Waals surface area contributed by atoms with Gasteiger partial charge in [0.2, 0.25) is 5.91 Å². The van der Waals surface area contributed by atoms with E-state index in [2.05, 4.69) is 46.4 Å². The molecule has 4 aromatic rings. The summed E-state index contributed by atoms with van der Waals surface area (Å²) in [6.07, 6.45) is 6.57. The van der Waals surface area contributed by atoms with Crippen LogP contribution in [0.3, 0.4) is 0 Å². The number of para-hydroxylation sites is 2. The SMILES string of the molecule is O=C(CCCc1c[nH]c2ccccc12)N1CCC[C@H]1c1nc2ccccc2s1. The number of carbonyl (C=O) groups is 1. The van der Waals surface area contributed by atoms with Crippen molar-refractivity contribution in [1.29, 1.82) is 0 Å². The molecule has 1 amide bonds. The number of rotatable bonds is 5. The highest BCUT2D eigenvalue weighted by Gasteiger charge is 2.31. The van der Waals surface area contributed by atoms with Crippen LogP contribution in [0.15, 0.2) is 54.7 Å². The van der Waals surface area contributed by atoms with Gasteiger partial charge in [0.1, 0.15) is 5.01 Å². The predicted octanol–water partition coefficient (Wildman–Crippen LogP) is 5.46. The van der Waals surface area contributed by atoms with Crippen LogP contribution in [0, 0.1) is 0 Å². The van der Waals surface area contributed by atoms with Crippen molar-refractivity contribution in [2.45, 2.75) is 38.1 Å². The first-order chi connectivity index (χ1) is 13.8. The van der Waals surface area contributed by atoms with Crippen LogP contribution < -0.4 is 0 Å². The summed E-state index contributed by atoms with van der Waals surface area (Å²) in [7, 11) is 0. The summed E-state index contributed by atoms with van der Waals surface area (Å²) < 4.78 is 1.20. The molecule has 142 valence electrons. The number of thiazole rings is 1. The summed E-state index contributed by atoms with van der Waals surface area (Å²) >= 11 is 1.73. The minimum Gasteiger partial charge on any atom is -0.361 e. The molecule has 0 spiro atoms. The molecule has 0 unspecified atom stereocenters. The lowest BCUT2D eigenvalue weighted by Gasteiger charge is -2.23. The summed E-state index contributed by atoms with van der Waals surface area (Å²) in [5, 5.41) is 2.35. The van der Waals surface area contributed by atoms with Crippen LogP contribution in [-0.4, -0.2) is 27.3 Å². The number of aromatic nitrogens is 2. The van der Waals surface area contributed by atoms with E-state index in [0.29, 0.717) is 6.42 Å². The summed E-state index contributed by atoms with van der Waals surface area (Å²) in [4.78, 5) is 23.1. The van der Waals surface area contributed by atoms with E-state index in [1.54, 1.807) is 11.3 Å². The fraction of sp³-hybridized carbons (Fsp3) is 0.304. The van der Waals surface area contributed by atoms with Crippen LogP contribution in [0.25, 0.3) is 21.1 Å². The molecule has 28 heavy (non-hydrogen) atoms. The van der Waals surface area contributed by atoms with Gasteiger partial charge in [0.05, 0.1) is 16.3 Å². The smallest absolute Gasteiger partial charge is 0.223 e. The Morgan fingerprint density at radius 2 is 2.04 bits per heavy atom. The highest BCUT2D eigenvalue weighted by molar-refractivity contribution is 7.18. The maximum atomic E-state index is 12.9. The van der Waals surface area contributed by atoms with Gasteiger partial charge in [0.25, 0.3) is 0 Å². The first kappa shape index (κ1) is 17.4. The number of nitrogens with one attached hydrogen (secondary N) is 1. The van der Waals surface area contributed by atoms with Crippen molar-refractivity contribution >= 4 is 38.4 Å². The van der Waals surface area contributed by atoms with Gasteiger partial charge in [-0.05, 0) is 49.4 Å². The predicted molar refractivity (Wildman–Crippen MR) is 115 cm³/mol. The summed E-state index contributed by atoms with van der Waals surface area (Å²) in [6.45, 7) is 0.854. The van der Waals surface area contributed by atoms with Gasteiger partial charge in [-0.15, -0.1) is 11.3 Å². The molecular weight excluding hydrogens is 366 g/mol. The number of aromatic amines is 1. The Morgan fingerprint density at radius 1 is 1.18 bits per heavy atom. The molecule has 1 fully saturated rings. The summed E-state index contributed by atoms with van der Waals surface area (Å²) in [6, 6.07) is 16.7. The summed E-state index contributed by atoms with van der Waals surface area (Å²) in [5.41, 5.74) is 3.51. The van der Waals surface area contributed by atoms with Crippen molar-refractivity contribution in [3.63, 3.8) is 0 Å². The van der Waals surface area contributed by atoms with Crippen molar-refractivity contribution in [2.24, 2.45) is 0 Å². The number of carbonyl (C=O) groups excluding carboxylic acids is 1. The Morgan fingerprint density at radius 3 is 2.96 bits per heavy atom. The number of likely N-dealkylation sites (tertiary alicyclic amines) is 1. The van der Waals surface area contributed by atoms with Gasteiger partial charge in [-0.3, -0.25) is 4.79 Å². The molecule has 0 bridgehead atoms. The van der Waals surface area contributed by atoms with Crippen LogP contribution in [-0.2, 0) is 11.2 Å². The van der Waals surface area contributed by atoms with Crippen molar-refractivity contribution < 1.29 is 4.79 Å². The first-order valence-corrected chi connectivity index (χ1v) is 10.8. The average Bonchev–Trinajstić information content (AvgIpc) is 3.45. The van der Waals surface area contributed by atoms with Gasteiger partial charge < -0.3 is 9.88 Å². The van der Waals surface area contributed by atoms with E-state index in [-0.39, 0.29) is 11.9 Å². The Kier molecular flexibility index (Phi) is 4.61. The molecule has 0 radical (unpaired) electrons. The zero-order valence-corrected chi connectivity index (χ0v) is 16.5. The topological polar surface area (TPSA) is 49.0 Å². The molecule has 1 N–H and O–H groups in total. The molecule has 4 nitrogen and oxygen atoms in total. The van der Waals surface area contributed by atoms with E-state index in [9.17, 15) is 4.79 Å². The molecule has 1 saturated heterocycles. The second-order valence-electron chi connectivity index (χ2n) is 7.48. The fourth-order valence-corrected chi connectivity index (χ4v) is 5.38. The molecule has 5 heteroatoms. The molecule has 3 heterocycles. The Balaban J connectivity index is 1.25. The van der Waals surface area contributed by atoms with E-state index in [4.69, 9.17) is 4.98 Å². The van der Waals surface area contributed by atoms with E-state index in [0.717, 1.165) is 42.8 Å². The number of amides is 1. The molecule has 0 aliphatic carbocycles. The molecule has 1 aliphatic heterocycles. The van der Waals surface area contributed by atoms with Gasteiger partial charge in [0, 0.05) is 30.1 Å². The molecule has 5 rings (SSSR count). The van der Waals surface area contributed by atoms with Crippen molar-refractivity contribution in [3.8, 4) is 0 Å². The molecular formula is C23H23N3OS. The lowest BCUT2D eigenvalue weighted by molar-refractivity contribution is -0.132. The maximum Gasteiger partial charge on any atom is 0.223 e. The number of hydrogen-bond acceptors (Lipinski definition) is 3.